The second-order valence-corrected chi connectivity index (χ2v) is 5.32. The molecule has 2 rings (SSSR count). The second-order valence-electron chi connectivity index (χ2n) is 5.32. The predicted molar refractivity (Wildman–Crippen MR) is 72.5 cm³/mol. The van der Waals surface area contributed by atoms with Crippen molar-refractivity contribution in [3.63, 3.8) is 0 Å². The minimum atomic E-state index is 0. The van der Waals surface area contributed by atoms with E-state index in [-0.39, 0.29) is 18.3 Å². The van der Waals surface area contributed by atoms with Crippen LogP contribution in [0.5, 0.6) is 0 Å². The molecule has 0 aromatic carbocycles. The smallest absolute Gasteiger partial charge is 0.220 e. The van der Waals surface area contributed by atoms with E-state index in [1.807, 2.05) is 0 Å². The molecule has 0 bridgehead atoms. The van der Waals surface area contributed by atoms with Gasteiger partial charge in [-0.1, -0.05) is 19.3 Å². The van der Waals surface area contributed by atoms with Crippen LogP contribution in [-0.2, 0) is 4.79 Å². The molecule has 17 heavy (non-hydrogen) atoms. The summed E-state index contributed by atoms with van der Waals surface area (Å²) in [6.45, 7) is 2.06. The highest BCUT2D eigenvalue weighted by atomic mass is 35.5. The van der Waals surface area contributed by atoms with E-state index in [1.165, 1.54) is 38.5 Å². The molecular weight excluding hydrogens is 236 g/mol. The van der Waals surface area contributed by atoms with Crippen molar-refractivity contribution in [1.29, 1.82) is 0 Å². The summed E-state index contributed by atoms with van der Waals surface area (Å²) < 4.78 is 0. The van der Waals surface area contributed by atoms with Gasteiger partial charge in [-0.25, -0.2) is 0 Å². The molecular formula is C13H25ClN2O. The highest BCUT2D eigenvalue weighted by molar-refractivity contribution is 5.85. The zero-order valence-electron chi connectivity index (χ0n) is 10.5. The maximum absolute atomic E-state index is 11.8. The number of carbonyl (C=O) groups is 1. The molecule has 0 spiro atoms. The van der Waals surface area contributed by atoms with Gasteiger partial charge in [-0.05, 0) is 38.1 Å². The Labute approximate surface area is 111 Å². The number of carbonyl (C=O) groups excluding carboxylic acids is 1. The summed E-state index contributed by atoms with van der Waals surface area (Å²) in [6.07, 6.45) is 9.62. The van der Waals surface area contributed by atoms with Crippen molar-refractivity contribution < 1.29 is 4.79 Å². The molecule has 0 aromatic rings. The van der Waals surface area contributed by atoms with Crippen LogP contribution in [0.3, 0.4) is 0 Å². The van der Waals surface area contributed by atoms with Gasteiger partial charge in [0.2, 0.25) is 5.91 Å². The molecule has 1 atom stereocenters. The average molecular weight is 261 g/mol. The zero-order valence-corrected chi connectivity index (χ0v) is 11.4. The van der Waals surface area contributed by atoms with E-state index < -0.39 is 0 Å². The van der Waals surface area contributed by atoms with Crippen LogP contribution in [0.2, 0.25) is 0 Å². The SMILES string of the molecule is Cl.O=C(CC1CCCCC1)N[C@@H]1CCCNC1. The number of hydrogen-bond donors (Lipinski definition) is 2. The van der Waals surface area contributed by atoms with Crippen LogP contribution < -0.4 is 10.6 Å². The molecule has 100 valence electrons. The molecule has 2 N–H and O–H groups in total. The summed E-state index contributed by atoms with van der Waals surface area (Å²) in [6, 6.07) is 0.379. The van der Waals surface area contributed by atoms with E-state index in [9.17, 15) is 4.79 Å². The number of piperidine rings is 1. The zero-order chi connectivity index (χ0) is 11.2. The predicted octanol–water partition coefficient (Wildman–Crippen LogP) is 2.25. The lowest BCUT2D eigenvalue weighted by Crippen LogP contribution is -2.46. The van der Waals surface area contributed by atoms with Crippen molar-refractivity contribution in [1.82, 2.24) is 10.6 Å². The van der Waals surface area contributed by atoms with Gasteiger partial charge in [0.25, 0.3) is 0 Å². The monoisotopic (exact) mass is 260 g/mol. The van der Waals surface area contributed by atoms with Gasteiger partial charge in [0.15, 0.2) is 0 Å². The third kappa shape index (κ3) is 5.26. The summed E-state index contributed by atoms with van der Waals surface area (Å²) in [4.78, 5) is 11.8. The van der Waals surface area contributed by atoms with Crippen molar-refractivity contribution in [2.45, 2.75) is 57.4 Å². The molecule has 2 fully saturated rings. The van der Waals surface area contributed by atoms with Crippen LogP contribution in [0, 0.1) is 5.92 Å². The summed E-state index contributed by atoms with van der Waals surface area (Å²) in [5.41, 5.74) is 0. The van der Waals surface area contributed by atoms with E-state index in [4.69, 9.17) is 0 Å². The standard InChI is InChI=1S/C13H24N2O.ClH/c16-13(9-11-5-2-1-3-6-11)15-12-7-4-8-14-10-12;/h11-12,14H,1-10H2,(H,15,16);1H/t12-;/m1./s1. The fraction of sp³-hybridized carbons (Fsp3) is 0.923. The van der Waals surface area contributed by atoms with Crippen molar-refractivity contribution in [3.8, 4) is 0 Å². The molecule has 4 heteroatoms. The Morgan fingerprint density at radius 1 is 1.12 bits per heavy atom. The number of halogens is 1. The van der Waals surface area contributed by atoms with Gasteiger partial charge in [-0.15, -0.1) is 12.4 Å². The van der Waals surface area contributed by atoms with Gasteiger partial charge < -0.3 is 10.6 Å². The molecule has 0 aromatic heterocycles. The summed E-state index contributed by atoms with van der Waals surface area (Å²) in [5.74, 6) is 0.936. The Morgan fingerprint density at radius 3 is 2.53 bits per heavy atom. The van der Waals surface area contributed by atoms with Crippen LogP contribution in [0.15, 0.2) is 0 Å². The topological polar surface area (TPSA) is 41.1 Å². The molecule has 0 radical (unpaired) electrons. The van der Waals surface area contributed by atoms with Gasteiger partial charge in [-0.3, -0.25) is 4.79 Å². The van der Waals surface area contributed by atoms with Gasteiger partial charge in [0.1, 0.15) is 0 Å². The van der Waals surface area contributed by atoms with Crippen molar-refractivity contribution in [2.24, 2.45) is 5.92 Å². The van der Waals surface area contributed by atoms with Crippen molar-refractivity contribution in [2.75, 3.05) is 13.1 Å². The van der Waals surface area contributed by atoms with E-state index in [0.717, 1.165) is 25.9 Å². The largest absolute Gasteiger partial charge is 0.352 e. The first-order valence-electron chi connectivity index (χ1n) is 6.84. The van der Waals surface area contributed by atoms with Crippen molar-refractivity contribution in [3.05, 3.63) is 0 Å². The molecule has 1 saturated carbocycles. The maximum Gasteiger partial charge on any atom is 0.220 e. The summed E-state index contributed by atoms with van der Waals surface area (Å²) in [5, 5.41) is 6.49. The second kappa shape index (κ2) is 7.93. The lowest BCUT2D eigenvalue weighted by molar-refractivity contribution is -0.123. The minimum Gasteiger partial charge on any atom is -0.352 e. The van der Waals surface area contributed by atoms with Gasteiger partial charge in [0.05, 0.1) is 0 Å². The third-order valence-electron chi connectivity index (χ3n) is 3.86. The molecule has 1 aliphatic carbocycles. The highest BCUT2D eigenvalue weighted by Crippen LogP contribution is 2.26. The first kappa shape index (κ1) is 14.8. The summed E-state index contributed by atoms with van der Waals surface area (Å²) in [7, 11) is 0. The van der Waals surface area contributed by atoms with Gasteiger partial charge >= 0.3 is 0 Å². The molecule has 1 amide bonds. The Balaban J connectivity index is 0.00000144. The van der Waals surface area contributed by atoms with E-state index in [2.05, 4.69) is 10.6 Å². The third-order valence-corrected chi connectivity index (χ3v) is 3.86. The lowest BCUT2D eigenvalue weighted by atomic mass is 9.87. The van der Waals surface area contributed by atoms with Crippen LogP contribution >= 0.6 is 12.4 Å². The quantitative estimate of drug-likeness (QED) is 0.817. The minimum absolute atomic E-state index is 0. The fourth-order valence-electron chi connectivity index (χ4n) is 2.92. The Morgan fingerprint density at radius 2 is 1.88 bits per heavy atom. The van der Waals surface area contributed by atoms with Gasteiger partial charge in [0, 0.05) is 19.0 Å². The maximum atomic E-state index is 11.8. The molecule has 0 unspecified atom stereocenters. The summed E-state index contributed by atoms with van der Waals surface area (Å²) >= 11 is 0. The fourth-order valence-corrected chi connectivity index (χ4v) is 2.92. The molecule has 3 nitrogen and oxygen atoms in total. The van der Waals surface area contributed by atoms with Crippen LogP contribution in [0.25, 0.3) is 0 Å². The first-order chi connectivity index (χ1) is 7.84. The molecule has 2 aliphatic rings. The molecule has 1 heterocycles. The normalized spacial score (nSPS) is 26.0. The Kier molecular flexibility index (Phi) is 6.90. The first-order valence-corrected chi connectivity index (χ1v) is 6.84. The van der Waals surface area contributed by atoms with Crippen LogP contribution in [-0.4, -0.2) is 25.0 Å². The number of nitrogens with one attached hydrogen (secondary N) is 2. The van der Waals surface area contributed by atoms with Crippen LogP contribution in [0.1, 0.15) is 51.4 Å². The van der Waals surface area contributed by atoms with Crippen LogP contribution in [0.4, 0.5) is 0 Å². The lowest BCUT2D eigenvalue weighted by Gasteiger charge is -2.26. The van der Waals surface area contributed by atoms with Gasteiger partial charge in [-0.2, -0.15) is 0 Å². The Bertz CT molecular complexity index is 201. The van der Waals surface area contributed by atoms with Crippen molar-refractivity contribution >= 4 is 18.3 Å². The average Bonchev–Trinajstić information content (AvgIpc) is 2.31. The number of amides is 1. The van der Waals surface area contributed by atoms with E-state index in [1.54, 1.807) is 0 Å². The Hall–Kier alpha value is -0.280. The molecule has 1 aliphatic heterocycles. The highest BCUT2D eigenvalue weighted by Gasteiger charge is 2.20. The molecule has 1 saturated heterocycles. The van der Waals surface area contributed by atoms with E-state index in [0.29, 0.717) is 12.0 Å². The van der Waals surface area contributed by atoms with E-state index >= 15 is 0 Å². The number of rotatable bonds is 3. The number of hydrogen-bond acceptors (Lipinski definition) is 2.